The van der Waals surface area contributed by atoms with Crippen LogP contribution in [0.15, 0.2) is 53.9 Å². The Bertz CT molecular complexity index is 735. The number of benzene rings is 2. The largest absolute Gasteiger partial charge is 0.494 e. The molecule has 21 heavy (non-hydrogen) atoms. The molecule has 0 fully saturated rings. The highest BCUT2D eigenvalue weighted by molar-refractivity contribution is 7.17. The van der Waals surface area contributed by atoms with Gasteiger partial charge in [-0.1, -0.05) is 37.3 Å². The fourth-order valence-electron chi connectivity index (χ4n) is 2.44. The van der Waals surface area contributed by atoms with E-state index < -0.39 is 0 Å². The van der Waals surface area contributed by atoms with Gasteiger partial charge in [-0.15, -0.1) is 11.3 Å². The van der Waals surface area contributed by atoms with Gasteiger partial charge in [-0.2, -0.15) is 0 Å². The lowest BCUT2D eigenvalue weighted by atomic mass is 9.99. The van der Waals surface area contributed by atoms with Crippen LogP contribution in [-0.4, -0.2) is 6.61 Å². The van der Waals surface area contributed by atoms with Crippen molar-refractivity contribution in [1.82, 2.24) is 0 Å². The van der Waals surface area contributed by atoms with Gasteiger partial charge in [-0.25, -0.2) is 0 Å². The molecule has 1 heterocycles. The molecule has 0 saturated heterocycles. The van der Waals surface area contributed by atoms with E-state index in [1.54, 1.807) is 11.3 Å². The second-order valence-electron chi connectivity index (χ2n) is 5.09. The van der Waals surface area contributed by atoms with Gasteiger partial charge < -0.3 is 10.5 Å². The lowest BCUT2D eigenvalue weighted by molar-refractivity contribution is 0.317. The van der Waals surface area contributed by atoms with E-state index in [9.17, 15) is 0 Å². The van der Waals surface area contributed by atoms with Crippen LogP contribution in [0.25, 0.3) is 10.1 Å². The SMILES string of the molecule is CCCOc1cccc(C(N)c2csc3ccccc23)c1. The predicted molar refractivity (Wildman–Crippen MR) is 90.1 cm³/mol. The number of nitrogens with two attached hydrogens (primary N) is 1. The summed E-state index contributed by atoms with van der Waals surface area (Å²) >= 11 is 1.74. The molecule has 1 atom stereocenters. The lowest BCUT2D eigenvalue weighted by Gasteiger charge is -2.13. The first-order valence-corrected chi connectivity index (χ1v) is 8.12. The van der Waals surface area contributed by atoms with Crippen molar-refractivity contribution in [3.8, 4) is 5.75 Å². The standard InChI is InChI=1S/C18H19NOS/c1-2-10-20-14-7-5-6-13(11-14)18(19)16-12-21-17-9-4-3-8-15(16)17/h3-9,11-12,18H,2,10,19H2,1H3. The smallest absolute Gasteiger partial charge is 0.119 e. The molecule has 0 radical (unpaired) electrons. The molecular weight excluding hydrogens is 278 g/mol. The quantitative estimate of drug-likeness (QED) is 0.738. The van der Waals surface area contributed by atoms with E-state index in [-0.39, 0.29) is 6.04 Å². The van der Waals surface area contributed by atoms with Gasteiger partial charge in [-0.05, 0) is 46.5 Å². The maximum absolute atomic E-state index is 6.48. The molecule has 0 aliphatic rings. The molecule has 0 aliphatic carbocycles. The first-order chi connectivity index (χ1) is 10.3. The molecule has 0 saturated carbocycles. The zero-order valence-corrected chi connectivity index (χ0v) is 12.9. The Kier molecular flexibility index (Phi) is 4.23. The number of hydrogen-bond acceptors (Lipinski definition) is 3. The van der Waals surface area contributed by atoms with Gasteiger partial charge in [0.1, 0.15) is 5.75 Å². The zero-order valence-electron chi connectivity index (χ0n) is 12.1. The fraction of sp³-hybridized carbons (Fsp3) is 0.222. The Morgan fingerprint density at radius 2 is 2.00 bits per heavy atom. The van der Waals surface area contributed by atoms with Crippen LogP contribution in [0.5, 0.6) is 5.75 Å². The number of rotatable bonds is 5. The Hall–Kier alpha value is -1.84. The third-order valence-corrected chi connectivity index (χ3v) is 4.52. The van der Waals surface area contributed by atoms with Gasteiger partial charge in [0, 0.05) is 4.70 Å². The van der Waals surface area contributed by atoms with Crippen molar-refractivity contribution in [2.45, 2.75) is 19.4 Å². The van der Waals surface area contributed by atoms with Crippen LogP contribution >= 0.6 is 11.3 Å². The van der Waals surface area contributed by atoms with Crippen molar-refractivity contribution in [1.29, 1.82) is 0 Å². The first kappa shape index (κ1) is 14.1. The second-order valence-corrected chi connectivity index (χ2v) is 6.00. The predicted octanol–water partition coefficient (Wildman–Crippen LogP) is 4.74. The molecule has 0 bridgehead atoms. The second kappa shape index (κ2) is 6.29. The van der Waals surface area contributed by atoms with Crippen molar-refractivity contribution < 1.29 is 4.74 Å². The highest BCUT2D eigenvalue weighted by Gasteiger charge is 2.14. The Balaban J connectivity index is 1.92. The molecule has 108 valence electrons. The summed E-state index contributed by atoms with van der Waals surface area (Å²) in [4.78, 5) is 0. The first-order valence-electron chi connectivity index (χ1n) is 7.24. The van der Waals surface area contributed by atoms with E-state index in [2.05, 4.69) is 42.6 Å². The minimum Gasteiger partial charge on any atom is -0.494 e. The number of thiophene rings is 1. The average molecular weight is 297 g/mol. The summed E-state index contributed by atoms with van der Waals surface area (Å²) in [5.74, 6) is 0.893. The molecule has 3 rings (SSSR count). The van der Waals surface area contributed by atoms with E-state index in [4.69, 9.17) is 10.5 Å². The summed E-state index contributed by atoms with van der Waals surface area (Å²) in [7, 11) is 0. The van der Waals surface area contributed by atoms with Gasteiger partial charge >= 0.3 is 0 Å². The summed E-state index contributed by atoms with van der Waals surface area (Å²) in [5.41, 5.74) is 8.75. The molecule has 3 aromatic rings. The summed E-state index contributed by atoms with van der Waals surface area (Å²) in [6, 6.07) is 16.4. The Morgan fingerprint density at radius 1 is 1.14 bits per heavy atom. The van der Waals surface area contributed by atoms with Gasteiger partial charge in [0.2, 0.25) is 0 Å². The van der Waals surface area contributed by atoms with Gasteiger partial charge in [-0.3, -0.25) is 0 Å². The number of hydrogen-bond donors (Lipinski definition) is 1. The van der Waals surface area contributed by atoms with Crippen LogP contribution in [0.1, 0.15) is 30.5 Å². The van der Waals surface area contributed by atoms with Crippen LogP contribution in [0, 0.1) is 0 Å². The van der Waals surface area contributed by atoms with Gasteiger partial charge in [0.25, 0.3) is 0 Å². The summed E-state index contributed by atoms with van der Waals surface area (Å²) in [5, 5.41) is 3.41. The Morgan fingerprint density at radius 3 is 2.86 bits per heavy atom. The average Bonchev–Trinajstić information content (AvgIpc) is 2.96. The number of ether oxygens (including phenoxy) is 1. The lowest BCUT2D eigenvalue weighted by Crippen LogP contribution is -2.11. The van der Waals surface area contributed by atoms with Crippen LogP contribution in [-0.2, 0) is 0 Å². The molecule has 2 N–H and O–H groups in total. The summed E-state index contributed by atoms with van der Waals surface area (Å²) < 4.78 is 6.98. The molecule has 2 nitrogen and oxygen atoms in total. The third kappa shape index (κ3) is 2.94. The zero-order chi connectivity index (χ0) is 14.7. The molecule has 0 aliphatic heterocycles. The van der Waals surface area contributed by atoms with Crippen molar-refractivity contribution >= 4 is 21.4 Å². The summed E-state index contributed by atoms with van der Waals surface area (Å²) in [6.45, 7) is 2.84. The molecule has 1 unspecified atom stereocenters. The molecule has 3 heteroatoms. The van der Waals surface area contributed by atoms with Gasteiger partial charge in [0.15, 0.2) is 0 Å². The van der Waals surface area contributed by atoms with Crippen LogP contribution in [0.3, 0.4) is 0 Å². The van der Waals surface area contributed by atoms with Crippen molar-refractivity contribution in [2.75, 3.05) is 6.61 Å². The molecule has 0 spiro atoms. The van der Waals surface area contributed by atoms with E-state index in [0.29, 0.717) is 0 Å². The number of fused-ring (bicyclic) bond motifs is 1. The molecule has 2 aromatic carbocycles. The van der Waals surface area contributed by atoms with E-state index in [1.807, 2.05) is 18.2 Å². The fourth-order valence-corrected chi connectivity index (χ4v) is 3.43. The minimum atomic E-state index is -0.119. The van der Waals surface area contributed by atoms with Crippen LogP contribution in [0.2, 0.25) is 0 Å². The van der Waals surface area contributed by atoms with Crippen molar-refractivity contribution in [3.05, 3.63) is 65.0 Å². The van der Waals surface area contributed by atoms with E-state index in [1.165, 1.54) is 15.6 Å². The molecular formula is C18H19NOS. The van der Waals surface area contributed by atoms with Crippen LogP contribution in [0.4, 0.5) is 0 Å². The minimum absolute atomic E-state index is 0.119. The Labute approximate surface area is 129 Å². The van der Waals surface area contributed by atoms with Crippen LogP contribution < -0.4 is 10.5 Å². The summed E-state index contributed by atoms with van der Waals surface area (Å²) in [6.07, 6.45) is 1.01. The van der Waals surface area contributed by atoms with Crippen molar-refractivity contribution in [2.24, 2.45) is 5.73 Å². The van der Waals surface area contributed by atoms with E-state index in [0.717, 1.165) is 24.3 Å². The highest BCUT2D eigenvalue weighted by Crippen LogP contribution is 2.33. The molecule has 0 amide bonds. The topological polar surface area (TPSA) is 35.2 Å². The maximum atomic E-state index is 6.48. The maximum Gasteiger partial charge on any atom is 0.119 e. The van der Waals surface area contributed by atoms with Crippen molar-refractivity contribution in [3.63, 3.8) is 0 Å². The van der Waals surface area contributed by atoms with Gasteiger partial charge in [0.05, 0.1) is 12.6 Å². The monoisotopic (exact) mass is 297 g/mol. The highest BCUT2D eigenvalue weighted by atomic mass is 32.1. The third-order valence-electron chi connectivity index (χ3n) is 3.54. The normalized spacial score (nSPS) is 12.5. The van der Waals surface area contributed by atoms with E-state index >= 15 is 0 Å². The molecule has 1 aromatic heterocycles.